The zero-order chi connectivity index (χ0) is 14.5. The smallest absolute Gasteiger partial charge is 0.270 e. The van der Waals surface area contributed by atoms with Crippen LogP contribution in [0.1, 0.15) is 36.3 Å². The summed E-state index contributed by atoms with van der Waals surface area (Å²) in [4.78, 5) is 17.6. The highest BCUT2D eigenvalue weighted by atomic mass is 79.9. The molecule has 0 unspecified atom stereocenters. The summed E-state index contributed by atoms with van der Waals surface area (Å²) >= 11 is 3.37. The zero-order valence-electron chi connectivity index (χ0n) is 11.8. The molecule has 1 N–H and O–H groups in total. The molecule has 2 aromatic rings. The van der Waals surface area contributed by atoms with Crippen LogP contribution < -0.4 is 0 Å². The van der Waals surface area contributed by atoms with E-state index in [0.29, 0.717) is 12.2 Å². The second kappa shape index (κ2) is 6.75. The maximum atomic E-state index is 12.6. The topological polar surface area (TPSA) is 36.1 Å². The Labute approximate surface area is 128 Å². The van der Waals surface area contributed by atoms with Gasteiger partial charge in [-0.15, -0.1) is 0 Å². The molecule has 0 radical (unpaired) electrons. The lowest BCUT2D eigenvalue weighted by molar-refractivity contribution is 0.0666. The third-order valence-corrected chi connectivity index (χ3v) is 3.92. The van der Waals surface area contributed by atoms with Crippen molar-refractivity contribution in [3.63, 3.8) is 0 Å². The third kappa shape index (κ3) is 3.51. The van der Waals surface area contributed by atoms with Crippen LogP contribution in [0.25, 0.3) is 0 Å². The molecule has 106 valence electrons. The number of rotatable bonds is 5. The Morgan fingerprint density at radius 3 is 2.60 bits per heavy atom. The van der Waals surface area contributed by atoms with Gasteiger partial charge < -0.3 is 9.88 Å². The summed E-state index contributed by atoms with van der Waals surface area (Å²) < 4.78 is 0.893. The van der Waals surface area contributed by atoms with Gasteiger partial charge in [-0.3, -0.25) is 4.79 Å². The summed E-state index contributed by atoms with van der Waals surface area (Å²) in [6, 6.07) is 12.1. The lowest BCUT2D eigenvalue weighted by atomic mass is 10.1. The number of aromatic nitrogens is 1. The van der Waals surface area contributed by atoms with Gasteiger partial charge in [0.1, 0.15) is 5.69 Å². The normalized spacial score (nSPS) is 12.2. The molecule has 1 aromatic heterocycles. The van der Waals surface area contributed by atoms with E-state index >= 15 is 0 Å². The van der Waals surface area contributed by atoms with Gasteiger partial charge in [-0.1, -0.05) is 37.3 Å². The van der Waals surface area contributed by atoms with Crippen molar-refractivity contribution < 1.29 is 4.79 Å². The van der Waals surface area contributed by atoms with E-state index in [0.717, 1.165) is 16.5 Å². The van der Waals surface area contributed by atoms with E-state index in [-0.39, 0.29) is 11.9 Å². The molecule has 0 saturated heterocycles. The van der Waals surface area contributed by atoms with E-state index < -0.39 is 0 Å². The van der Waals surface area contributed by atoms with Gasteiger partial charge in [-0.25, -0.2) is 0 Å². The van der Waals surface area contributed by atoms with Crippen molar-refractivity contribution in [1.82, 2.24) is 9.88 Å². The minimum absolute atomic E-state index is 0.0360. The minimum atomic E-state index is 0.0360. The number of benzene rings is 1. The molecule has 4 heteroatoms. The van der Waals surface area contributed by atoms with Gasteiger partial charge in [-0.2, -0.15) is 0 Å². The summed E-state index contributed by atoms with van der Waals surface area (Å²) in [6.45, 7) is 4.81. The van der Waals surface area contributed by atoms with E-state index in [9.17, 15) is 4.79 Å². The predicted molar refractivity (Wildman–Crippen MR) is 84.6 cm³/mol. The van der Waals surface area contributed by atoms with Crippen molar-refractivity contribution in [2.75, 3.05) is 0 Å². The number of H-pyrrole nitrogens is 1. The number of carbonyl (C=O) groups excluding carboxylic acids is 1. The second-order valence-corrected chi connectivity index (χ2v) is 5.82. The predicted octanol–water partition coefficient (Wildman–Crippen LogP) is 4.22. The van der Waals surface area contributed by atoms with Crippen LogP contribution in [0.3, 0.4) is 0 Å². The molecule has 1 aromatic carbocycles. The Morgan fingerprint density at radius 2 is 2.05 bits per heavy atom. The Kier molecular flexibility index (Phi) is 5.01. The highest BCUT2D eigenvalue weighted by Gasteiger charge is 2.21. The second-order valence-electron chi connectivity index (χ2n) is 4.91. The fourth-order valence-electron chi connectivity index (χ4n) is 2.07. The summed E-state index contributed by atoms with van der Waals surface area (Å²) in [7, 11) is 0. The number of hydrogen-bond acceptors (Lipinski definition) is 1. The first-order chi connectivity index (χ1) is 9.61. The van der Waals surface area contributed by atoms with Gasteiger partial charge in [0.15, 0.2) is 0 Å². The lowest BCUT2D eigenvalue weighted by Crippen LogP contribution is -2.37. The van der Waals surface area contributed by atoms with Gasteiger partial charge in [0.05, 0.1) is 0 Å². The van der Waals surface area contributed by atoms with Crippen LogP contribution in [0.15, 0.2) is 47.1 Å². The highest BCUT2D eigenvalue weighted by molar-refractivity contribution is 9.10. The molecule has 0 fully saturated rings. The number of aromatic amines is 1. The summed E-state index contributed by atoms with van der Waals surface area (Å²) in [5.41, 5.74) is 1.76. The van der Waals surface area contributed by atoms with Crippen molar-refractivity contribution in [3.05, 3.63) is 58.3 Å². The van der Waals surface area contributed by atoms with E-state index in [1.54, 1.807) is 6.20 Å². The maximum absolute atomic E-state index is 12.6. The molecule has 0 aliphatic carbocycles. The molecule has 20 heavy (non-hydrogen) atoms. The largest absolute Gasteiger partial charge is 0.356 e. The van der Waals surface area contributed by atoms with Crippen molar-refractivity contribution in [1.29, 1.82) is 0 Å². The SMILES string of the molecule is CC[C@@H](C)N(Cc1ccccc1)C(=O)c1cc(Br)c[nH]1. The Hall–Kier alpha value is -1.55. The van der Waals surface area contributed by atoms with E-state index in [1.165, 1.54) is 0 Å². The quantitative estimate of drug-likeness (QED) is 0.873. The average molecular weight is 335 g/mol. The van der Waals surface area contributed by atoms with Gasteiger partial charge >= 0.3 is 0 Å². The third-order valence-electron chi connectivity index (χ3n) is 3.46. The maximum Gasteiger partial charge on any atom is 0.270 e. The molecule has 0 aliphatic rings. The standard InChI is InChI=1S/C16H19BrN2O/c1-3-12(2)19(11-13-7-5-4-6-8-13)16(20)15-9-14(17)10-18-15/h4-10,12,18H,3,11H2,1-2H3/t12-/m1/s1. The Bertz CT molecular complexity index is 565. The van der Waals surface area contributed by atoms with E-state index in [1.807, 2.05) is 41.3 Å². The van der Waals surface area contributed by atoms with Gasteiger partial charge in [-0.05, 0) is 40.9 Å². The number of hydrogen-bond donors (Lipinski definition) is 1. The number of nitrogens with zero attached hydrogens (tertiary/aromatic N) is 1. The first kappa shape index (κ1) is 14.9. The van der Waals surface area contributed by atoms with Gasteiger partial charge in [0, 0.05) is 23.3 Å². The van der Waals surface area contributed by atoms with Crippen molar-refractivity contribution in [2.24, 2.45) is 0 Å². The zero-order valence-corrected chi connectivity index (χ0v) is 13.4. The minimum Gasteiger partial charge on any atom is -0.356 e. The molecule has 3 nitrogen and oxygen atoms in total. The fourth-order valence-corrected chi connectivity index (χ4v) is 2.42. The summed E-state index contributed by atoms with van der Waals surface area (Å²) in [6.07, 6.45) is 2.71. The fraction of sp³-hybridized carbons (Fsp3) is 0.312. The summed E-state index contributed by atoms with van der Waals surface area (Å²) in [5.74, 6) is 0.0360. The van der Waals surface area contributed by atoms with Gasteiger partial charge in [0.2, 0.25) is 0 Å². The highest BCUT2D eigenvalue weighted by Crippen LogP contribution is 2.17. The molecule has 0 spiro atoms. The van der Waals surface area contributed by atoms with Crippen molar-refractivity contribution in [2.45, 2.75) is 32.9 Å². The van der Waals surface area contributed by atoms with Crippen LogP contribution in [-0.4, -0.2) is 21.8 Å². The Morgan fingerprint density at radius 1 is 1.35 bits per heavy atom. The number of amides is 1. The van der Waals surface area contributed by atoms with Crippen LogP contribution in [-0.2, 0) is 6.54 Å². The van der Waals surface area contributed by atoms with Crippen molar-refractivity contribution in [3.8, 4) is 0 Å². The summed E-state index contributed by atoms with van der Waals surface area (Å²) in [5, 5.41) is 0. The number of carbonyl (C=O) groups is 1. The van der Waals surface area contributed by atoms with E-state index in [4.69, 9.17) is 0 Å². The van der Waals surface area contributed by atoms with Crippen LogP contribution in [0.4, 0.5) is 0 Å². The van der Waals surface area contributed by atoms with Crippen LogP contribution in [0.5, 0.6) is 0 Å². The van der Waals surface area contributed by atoms with Crippen LogP contribution >= 0.6 is 15.9 Å². The molecule has 2 rings (SSSR count). The van der Waals surface area contributed by atoms with Crippen LogP contribution in [0.2, 0.25) is 0 Å². The van der Waals surface area contributed by atoms with Crippen molar-refractivity contribution >= 4 is 21.8 Å². The molecular weight excluding hydrogens is 316 g/mol. The number of nitrogens with one attached hydrogen (secondary N) is 1. The first-order valence-electron chi connectivity index (χ1n) is 6.80. The lowest BCUT2D eigenvalue weighted by Gasteiger charge is -2.28. The molecule has 0 aliphatic heterocycles. The average Bonchev–Trinajstić information content (AvgIpc) is 2.91. The number of halogens is 1. The molecule has 1 heterocycles. The molecule has 0 bridgehead atoms. The van der Waals surface area contributed by atoms with Gasteiger partial charge in [0.25, 0.3) is 5.91 Å². The molecular formula is C16H19BrN2O. The van der Waals surface area contributed by atoms with E-state index in [2.05, 4.69) is 34.8 Å². The molecule has 1 atom stereocenters. The Balaban J connectivity index is 2.21. The monoisotopic (exact) mass is 334 g/mol. The molecule has 1 amide bonds. The first-order valence-corrected chi connectivity index (χ1v) is 7.60. The molecule has 0 saturated carbocycles. The van der Waals surface area contributed by atoms with Crippen LogP contribution in [0, 0.1) is 0 Å².